The van der Waals surface area contributed by atoms with Crippen molar-refractivity contribution in [1.82, 2.24) is 4.90 Å². The molecule has 1 aliphatic carbocycles. The second-order valence-corrected chi connectivity index (χ2v) is 7.43. The van der Waals surface area contributed by atoms with Crippen molar-refractivity contribution in [2.24, 2.45) is 11.7 Å². The van der Waals surface area contributed by atoms with Gasteiger partial charge in [0.2, 0.25) is 5.91 Å². The molecule has 2 aliphatic rings. The summed E-state index contributed by atoms with van der Waals surface area (Å²) in [5, 5.41) is 2.74. The zero-order valence-corrected chi connectivity index (χ0v) is 17.0. The van der Waals surface area contributed by atoms with Crippen LogP contribution in [0.2, 0.25) is 0 Å². The van der Waals surface area contributed by atoms with Crippen molar-refractivity contribution in [2.45, 2.75) is 32.4 Å². The summed E-state index contributed by atoms with van der Waals surface area (Å²) in [6, 6.07) is 3.82. The van der Waals surface area contributed by atoms with Crippen LogP contribution < -0.4 is 20.7 Å². The molecule has 1 heterocycles. The summed E-state index contributed by atoms with van der Waals surface area (Å²) in [7, 11) is 0. The van der Waals surface area contributed by atoms with Crippen molar-refractivity contribution in [2.75, 3.05) is 49.6 Å². The predicted molar refractivity (Wildman–Crippen MR) is 108 cm³/mol. The van der Waals surface area contributed by atoms with E-state index in [9.17, 15) is 18.4 Å². The van der Waals surface area contributed by atoms with Gasteiger partial charge in [0.1, 0.15) is 12.6 Å². The number of ether oxygens (including phenoxy) is 2. The number of nitrogens with zero attached hydrogens (tertiary/aromatic N) is 2. The monoisotopic (exact) mass is 426 g/mol. The lowest BCUT2D eigenvalue weighted by Gasteiger charge is -2.30. The molecular weight excluding hydrogens is 398 g/mol. The van der Waals surface area contributed by atoms with Crippen molar-refractivity contribution in [3.8, 4) is 5.75 Å². The molecule has 0 unspecified atom stereocenters. The Kier molecular flexibility index (Phi) is 7.57. The zero-order chi connectivity index (χ0) is 21.7. The number of anilines is 2. The first-order valence-corrected chi connectivity index (χ1v) is 10.1. The average Bonchev–Trinajstić information content (AvgIpc) is 3.52. The molecule has 1 aromatic carbocycles. The lowest BCUT2D eigenvalue weighted by atomic mass is 10.1. The molecule has 8 nitrogen and oxygen atoms in total. The first-order valence-electron chi connectivity index (χ1n) is 10.1. The highest BCUT2D eigenvalue weighted by Crippen LogP contribution is 2.34. The van der Waals surface area contributed by atoms with Crippen molar-refractivity contribution >= 4 is 23.2 Å². The molecular formula is C20H28F2N4O4. The summed E-state index contributed by atoms with van der Waals surface area (Å²) in [6.07, 6.45) is 2.32. The Balaban J connectivity index is 1.77. The standard InChI is InChI=1S/C20H28F2N4O4/c1-2-25(11-13-3-4-13)16(10-23)19(28)24-14-5-6-15(17(9-14)30-20(21)22)26-7-8-29-12-18(26)27/h5-6,9,13,16,20H,2-4,7-8,10-12,23H2,1H3,(H,24,28)/t16-/m1/s1. The van der Waals surface area contributed by atoms with Crippen LogP contribution in [0.5, 0.6) is 5.75 Å². The molecule has 0 aromatic heterocycles. The Morgan fingerprint density at radius 1 is 1.43 bits per heavy atom. The van der Waals surface area contributed by atoms with E-state index in [1.807, 2.05) is 11.8 Å². The number of nitrogens with one attached hydrogen (secondary N) is 1. The molecule has 30 heavy (non-hydrogen) atoms. The summed E-state index contributed by atoms with van der Waals surface area (Å²) in [5.41, 5.74) is 6.35. The molecule has 0 bridgehead atoms. The fourth-order valence-corrected chi connectivity index (χ4v) is 3.53. The van der Waals surface area contributed by atoms with Crippen LogP contribution in [0.15, 0.2) is 18.2 Å². The van der Waals surface area contributed by atoms with Gasteiger partial charge in [0, 0.05) is 31.4 Å². The summed E-state index contributed by atoms with van der Waals surface area (Å²) in [5.74, 6) is -0.243. The van der Waals surface area contributed by atoms with Gasteiger partial charge < -0.3 is 25.4 Å². The number of halogens is 2. The number of amides is 2. The lowest BCUT2D eigenvalue weighted by Crippen LogP contribution is -2.49. The molecule has 0 spiro atoms. The maximum atomic E-state index is 13.0. The highest BCUT2D eigenvalue weighted by atomic mass is 19.3. The first-order chi connectivity index (χ1) is 14.4. The largest absolute Gasteiger partial charge is 0.433 e. The number of hydrogen-bond acceptors (Lipinski definition) is 6. The third kappa shape index (κ3) is 5.65. The van der Waals surface area contributed by atoms with E-state index in [-0.39, 0.29) is 42.9 Å². The van der Waals surface area contributed by atoms with Crippen molar-refractivity contribution in [1.29, 1.82) is 0 Å². The van der Waals surface area contributed by atoms with Gasteiger partial charge in [-0.15, -0.1) is 0 Å². The molecule has 0 radical (unpaired) electrons. The maximum absolute atomic E-state index is 13.0. The van der Waals surface area contributed by atoms with Crippen LogP contribution in [-0.2, 0) is 14.3 Å². The number of morpholine rings is 1. The molecule has 1 saturated carbocycles. The minimum absolute atomic E-state index is 0.126. The molecule has 3 N–H and O–H groups in total. The molecule has 166 valence electrons. The van der Waals surface area contributed by atoms with Gasteiger partial charge in [-0.1, -0.05) is 6.92 Å². The van der Waals surface area contributed by atoms with Gasteiger partial charge in [-0.25, -0.2) is 0 Å². The van der Waals surface area contributed by atoms with Crippen LogP contribution >= 0.6 is 0 Å². The Labute approximate surface area is 174 Å². The first kappa shape index (κ1) is 22.4. The van der Waals surface area contributed by atoms with Gasteiger partial charge in [-0.2, -0.15) is 8.78 Å². The smallest absolute Gasteiger partial charge is 0.387 e. The van der Waals surface area contributed by atoms with Crippen LogP contribution in [0.1, 0.15) is 19.8 Å². The van der Waals surface area contributed by atoms with Crippen molar-refractivity contribution < 1.29 is 27.8 Å². The van der Waals surface area contributed by atoms with Crippen LogP contribution in [0.3, 0.4) is 0 Å². The van der Waals surface area contributed by atoms with E-state index in [2.05, 4.69) is 10.1 Å². The Bertz CT molecular complexity index is 760. The summed E-state index contributed by atoms with van der Waals surface area (Å²) >= 11 is 0. The van der Waals surface area contributed by atoms with Gasteiger partial charge in [-0.05, 0) is 37.4 Å². The van der Waals surface area contributed by atoms with Crippen LogP contribution in [0, 0.1) is 5.92 Å². The highest BCUT2D eigenvalue weighted by Gasteiger charge is 2.30. The third-order valence-electron chi connectivity index (χ3n) is 5.28. The number of rotatable bonds is 10. The van der Waals surface area contributed by atoms with E-state index in [1.165, 1.54) is 17.0 Å². The SMILES string of the molecule is CCN(CC1CC1)[C@H](CN)C(=O)Nc1ccc(N2CCOCC2=O)c(OC(F)F)c1. The van der Waals surface area contributed by atoms with E-state index >= 15 is 0 Å². The number of likely N-dealkylation sites (N-methyl/N-ethyl adjacent to an activating group) is 1. The average molecular weight is 426 g/mol. The minimum atomic E-state index is -3.07. The fourth-order valence-electron chi connectivity index (χ4n) is 3.53. The normalized spacial score (nSPS) is 18.1. The number of nitrogens with two attached hydrogens (primary N) is 1. The van der Waals surface area contributed by atoms with Crippen LogP contribution in [0.4, 0.5) is 20.2 Å². The molecule has 1 saturated heterocycles. The number of benzene rings is 1. The molecule has 1 aliphatic heterocycles. The number of carbonyl (C=O) groups excluding carboxylic acids is 2. The van der Waals surface area contributed by atoms with Crippen molar-refractivity contribution in [3.05, 3.63) is 18.2 Å². The summed E-state index contributed by atoms with van der Waals surface area (Å²) in [6.45, 7) is 0.938. The summed E-state index contributed by atoms with van der Waals surface area (Å²) < 4.78 is 35.6. The molecule has 3 rings (SSSR count). The Morgan fingerprint density at radius 3 is 2.80 bits per heavy atom. The topological polar surface area (TPSA) is 97.1 Å². The molecule has 2 amide bonds. The highest BCUT2D eigenvalue weighted by molar-refractivity contribution is 5.98. The zero-order valence-electron chi connectivity index (χ0n) is 17.0. The van der Waals surface area contributed by atoms with E-state index in [0.29, 0.717) is 24.8 Å². The minimum Gasteiger partial charge on any atom is -0.433 e. The lowest BCUT2D eigenvalue weighted by molar-refractivity contribution is -0.126. The van der Waals surface area contributed by atoms with Crippen LogP contribution in [0.25, 0.3) is 0 Å². The second kappa shape index (κ2) is 10.1. The number of hydrogen-bond donors (Lipinski definition) is 2. The van der Waals surface area contributed by atoms with E-state index in [1.54, 1.807) is 6.07 Å². The Hall–Kier alpha value is -2.30. The second-order valence-electron chi connectivity index (χ2n) is 7.43. The van der Waals surface area contributed by atoms with Crippen molar-refractivity contribution in [3.63, 3.8) is 0 Å². The number of alkyl halides is 2. The van der Waals surface area contributed by atoms with E-state index in [0.717, 1.165) is 19.4 Å². The van der Waals surface area contributed by atoms with Gasteiger partial charge >= 0.3 is 6.61 Å². The van der Waals surface area contributed by atoms with E-state index < -0.39 is 12.7 Å². The number of carbonyl (C=O) groups is 2. The fraction of sp³-hybridized carbons (Fsp3) is 0.600. The van der Waals surface area contributed by atoms with Gasteiger partial charge in [0.15, 0.2) is 5.75 Å². The summed E-state index contributed by atoms with van der Waals surface area (Å²) in [4.78, 5) is 28.3. The van der Waals surface area contributed by atoms with Crippen LogP contribution in [-0.4, -0.2) is 68.8 Å². The van der Waals surface area contributed by atoms with E-state index in [4.69, 9.17) is 10.5 Å². The molecule has 1 atom stereocenters. The quantitative estimate of drug-likeness (QED) is 0.591. The molecule has 10 heteroatoms. The van der Waals surface area contributed by atoms with Gasteiger partial charge in [-0.3, -0.25) is 14.5 Å². The Morgan fingerprint density at radius 2 is 2.20 bits per heavy atom. The van der Waals surface area contributed by atoms with Gasteiger partial charge in [0.25, 0.3) is 5.91 Å². The molecule has 1 aromatic rings. The predicted octanol–water partition coefficient (Wildman–Crippen LogP) is 1.65. The van der Waals surface area contributed by atoms with Gasteiger partial charge in [0.05, 0.1) is 12.3 Å². The third-order valence-corrected chi connectivity index (χ3v) is 5.28. The molecule has 2 fully saturated rings. The maximum Gasteiger partial charge on any atom is 0.387 e.